The van der Waals surface area contributed by atoms with Crippen LogP contribution in [0.3, 0.4) is 0 Å². The van der Waals surface area contributed by atoms with Gasteiger partial charge in [0, 0.05) is 26.2 Å². The van der Waals surface area contributed by atoms with Gasteiger partial charge < -0.3 is 9.80 Å². The number of carbonyl (C=O) groups excluding carboxylic acids is 2. The first-order valence-corrected chi connectivity index (χ1v) is 9.44. The topological polar surface area (TPSA) is 40.6 Å². The third kappa shape index (κ3) is 4.72. The van der Waals surface area contributed by atoms with Crippen LogP contribution in [0.4, 0.5) is 4.39 Å². The van der Waals surface area contributed by atoms with Crippen LogP contribution < -0.4 is 0 Å². The Morgan fingerprint density at radius 3 is 2.15 bits per heavy atom. The second-order valence-corrected chi connectivity index (χ2v) is 7.44. The maximum atomic E-state index is 13.2. The molecule has 8 heteroatoms. The first-order chi connectivity index (χ1) is 12.8. The minimum atomic E-state index is -0.491. The van der Waals surface area contributed by atoms with Gasteiger partial charge in [-0.15, -0.1) is 0 Å². The molecule has 2 aromatic carbocycles. The van der Waals surface area contributed by atoms with Gasteiger partial charge in [0.1, 0.15) is 5.82 Å². The Bertz CT molecular complexity index is 883. The summed E-state index contributed by atoms with van der Waals surface area (Å²) >= 11 is 17.8. The number of hydrogen-bond donors (Lipinski definition) is 0. The SMILES string of the molecule is O=C(Cc1ccc(Cl)c(Cl)c1)N1CCN(C(=O)c2ccc(F)cc2Cl)CC1. The summed E-state index contributed by atoms with van der Waals surface area (Å²) < 4.78 is 13.2. The Kier molecular flexibility index (Phi) is 6.25. The molecule has 1 saturated heterocycles. The van der Waals surface area contributed by atoms with Crippen molar-refractivity contribution in [2.75, 3.05) is 26.2 Å². The van der Waals surface area contributed by atoms with Gasteiger partial charge >= 0.3 is 0 Å². The average molecular weight is 430 g/mol. The van der Waals surface area contributed by atoms with E-state index in [1.807, 2.05) is 0 Å². The van der Waals surface area contributed by atoms with Crippen molar-refractivity contribution in [2.24, 2.45) is 0 Å². The smallest absolute Gasteiger partial charge is 0.255 e. The van der Waals surface area contributed by atoms with Crippen molar-refractivity contribution in [3.05, 3.63) is 68.4 Å². The molecule has 0 radical (unpaired) electrons. The minimum absolute atomic E-state index is 0.0414. The number of carbonyl (C=O) groups is 2. The molecule has 0 aromatic heterocycles. The van der Waals surface area contributed by atoms with Crippen LogP contribution in [0.25, 0.3) is 0 Å². The summed E-state index contributed by atoms with van der Waals surface area (Å²) in [5.74, 6) is -0.800. The maximum Gasteiger partial charge on any atom is 0.255 e. The molecule has 0 unspecified atom stereocenters. The molecular weight excluding hydrogens is 414 g/mol. The van der Waals surface area contributed by atoms with Crippen molar-refractivity contribution in [2.45, 2.75) is 6.42 Å². The van der Waals surface area contributed by atoms with Gasteiger partial charge in [-0.05, 0) is 35.9 Å². The van der Waals surface area contributed by atoms with E-state index in [-0.39, 0.29) is 28.8 Å². The van der Waals surface area contributed by atoms with Gasteiger partial charge in [0.2, 0.25) is 5.91 Å². The molecule has 1 fully saturated rings. The summed E-state index contributed by atoms with van der Waals surface area (Å²) in [7, 11) is 0. The van der Waals surface area contributed by atoms with Crippen molar-refractivity contribution >= 4 is 46.6 Å². The lowest BCUT2D eigenvalue weighted by atomic mass is 10.1. The maximum absolute atomic E-state index is 13.2. The van der Waals surface area contributed by atoms with Gasteiger partial charge in [-0.25, -0.2) is 4.39 Å². The molecule has 0 saturated carbocycles. The zero-order chi connectivity index (χ0) is 19.6. The summed E-state index contributed by atoms with van der Waals surface area (Å²) in [6.45, 7) is 1.62. The number of piperazine rings is 1. The Hall–Kier alpha value is -1.82. The largest absolute Gasteiger partial charge is 0.339 e. The number of nitrogens with zero attached hydrogens (tertiary/aromatic N) is 2. The molecule has 0 aliphatic carbocycles. The molecule has 142 valence electrons. The molecule has 0 bridgehead atoms. The van der Waals surface area contributed by atoms with Crippen LogP contribution in [0.5, 0.6) is 0 Å². The molecule has 0 spiro atoms. The first-order valence-electron chi connectivity index (χ1n) is 8.31. The highest BCUT2D eigenvalue weighted by Crippen LogP contribution is 2.23. The highest BCUT2D eigenvalue weighted by molar-refractivity contribution is 6.42. The van der Waals surface area contributed by atoms with Gasteiger partial charge in [0.05, 0.1) is 27.1 Å². The molecule has 1 heterocycles. The van der Waals surface area contributed by atoms with Gasteiger partial charge in [-0.3, -0.25) is 9.59 Å². The Labute approximate surface area is 171 Å². The van der Waals surface area contributed by atoms with Crippen LogP contribution in [-0.2, 0) is 11.2 Å². The molecule has 2 aromatic rings. The van der Waals surface area contributed by atoms with E-state index in [9.17, 15) is 14.0 Å². The molecule has 1 aliphatic heterocycles. The summed E-state index contributed by atoms with van der Waals surface area (Å²) in [6.07, 6.45) is 0.217. The number of amides is 2. The van der Waals surface area contributed by atoms with Crippen LogP contribution >= 0.6 is 34.8 Å². The lowest BCUT2D eigenvalue weighted by Gasteiger charge is -2.35. The fourth-order valence-electron chi connectivity index (χ4n) is 2.93. The minimum Gasteiger partial charge on any atom is -0.339 e. The zero-order valence-corrected chi connectivity index (χ0v) is 16.5. The van der Waals surface area contributed by atoms with Crippen LogP contribution in [0, 0.1) is 5.82 Å². The van der Waals surface area contributed by atoms with E-state index in [4.69, 9.17) is 34.8 Å². The Morgan fingerprint density at radius 2 is 1.52 bits per heavy atom. The number of benzene rings is 2. The van der Waals surface area contributed by atoms with Crippen LogP contribution in [0.2, 0.25) is 15.1 Å². The predicted octanol–water partition coefficient (Wildman–Crippen LogP) is 4.31. The van der Waals surface area contributed by atoms with Crippen molar-refractivity contribution in [1.82, 2.24) is 9.80 Å². The van der Waals surface area contributed by atoms with Crippen LogP contribution in [0.15, 0.2) is 36.4 Å². The second-order valence-electron chi connectivity index (χ2n) is 6.22. The third-order valence-corrected chi connectivity index (χ3v) is 5.47. The van der Waals surface area contributed by atoms with Crippen molar-refractivity contribution in [3.8, 4) is 0 Å². The zero-order valence-electron chi connectivity index (χ0n) is 14.2. The van der Waals surface area contributed by atoms with Crippen LogP contribution in [0.1, 0.15) is 15.9 Å². The van der Waals surface area contributed by atoms with E-state index in [1.165, 1.54) is 12.1 Å². The predicted molar refractivity (Wildman–Crippen MR) is 104 cm³/mol. The Morgan fingerprint density at radius 1 is 0.852 bits per heavy atom. The van der Waals surface area contributed by atoms with E-state index < -0.39 is 5.82 Å². The fraction of sp³-hybridized carbons (Fsp3) is 0.263. The van der Waals surface area contributed by atoms with Gasteiger partial charge in [0.25, 0.3) is 5.91 Å². The van der Waals surface area contributed by atoms with Crippen LogP contribution in [-0.4, -0.2) is 47.8 Å². The van der Waals surface area contributed by atoms with E-state index >= 15 is 0 Å². The average Bonchev–Trinajstić information content (AvgIpc) is 2.64. The molecule has 3 rings (SSSR count). The molecule has 1 aliphatic rings. The second kappa shape index (κ2) is 8.46. The summed E-state index contributed by atoms with van der Waals surface area (Å²) in [5.41, 5.74) is 1.04. The van der Waals surface area contributed by atoms with Gasteiger partial charge in [-0.1, -0.05) is 40.9 Å². The molecule has 27 heavy (non-hydrogen) atoms. The van der Waals surface area contributed by atoms with E-state index in [1.54, 1.807) is 28.0 Å². The monoisotopic (exact) mass is 428 g/mol. The highest BCUT2D eigenvalue weighted by Gasteiger charge is 2.26. The first kappa shape index (κ1) is 19.9. The van der Waals surface area contributed by atoms with Crippen molar-refractivity contribution < 1.29 is 14.0 Å². The summed E-state index contributed by atoms with van der Waals surface area (Å²) in [4.78, 5) is 28.4. The highest BCUT2D eigenvalue weighted by atomic mass is 35.5. The van der Waals surface area contributed by atoms with E-state index in [2.05, 4.69) is 0 Å². The normalized spacial score (nSPS) is 14.4. The lowest BCUT2D eigenvalue weighted by Crippen LogP contribution is -2.51. The quantitative estimate of drug-likeness (QED) is 0.729. The Balaban J connectivity index is 1.58. The van der Waals surface area contributed by atoms with E-state index in [0.29, 0.717) is 36.2 Å². The van der Waals surface area contributed by atoms with Gasteiger partial charge in [0.15, 0.2) is 0 Å². The van der Waals surface area contributed by atoms with Crippen molar-refractivity contribution in [1.29, 1.82) is 0 Å². The standard InChI is InChI=1S/C19H16Cl3FN2O2/c20-15-4-1-12(9-17(15)22)10-18(26)24-5-7-25(8-6-24)19(27)14-3-2-13(23)11-16(14)21/h1-4,9,11H,5-8,10H2. The van der Waals surface area contributed by atoms with Gasteiger partial charge in [-0.2, -0.15) is 0 Å². The number of rotatable bonds is 3. The number of halogens is 4. The summed E-state index contributed by atoms with van der Waals surface area (Å²) in [5, 5.41) is 0.936. The molecular formula is C19H16Cl3FN2O2. The molecule has 0 N–H and O–H groups in total. The third-order valence-electron chi connectivity index (χ3n) is 4.42. The summed E-state index contributed by atoms with van der Waals surface area (Å²) in [6, 6.07) is 8.81. The molecule has 2 amide bonds. The molecule has 0 atom stereocenters. The van der Waals surface area contributed by atoms with E-state index in [0.717, 1.165) is 11.6 Å². The van der Waals surface area contributed by atoms with Crippen molar-refractivity contribution in [3.63, 3.8) is 0 Å². The number of hydrogen-bond acceptors (Lipinski definition) is 2. The lowest BCUT2D eigenvalue weighted by molar-refractivity contribution is -0.131. The molecule has 4 nitrogen and oxygen atoms in total. The fourth-order valence-corrected chi connectivity index (χ4v) is 3.50.